The summed E-state index contributed by atoms with van der Waals surface area (Å²) in [5.41, 5.74) is 3.44. The van der Waals surface area contributed by atoms with E-state index in [2.05, 4.69) is 11.7 Å². The highest BCUT2D eigenvalue weighted by Crippen LogP contribution is 2.36. The minimum absolute atomic E-state index is 0.0101. The van der Waals surface area contributed by atoms with Gasteiger partial charge in [-0.2, -0.15) is 9.78 Å². The van der Waals surface area contributed by atoms with Crippen LogP contribution in [0.4, 0.5) is 0 Å². The van der Waals surface area contributed by atoms with Gasteiger partial charge in [-0.1, -0.05) is 43.6 Å². The predicted molar refractivity (Wildman–Crippen MR) is 114 cm³/mol. The van der Waals surface area contributed by atoms with Crippen LogP contribution in [0.5, 0.6) is 5.75 Å². The second-order valence-electron chi connectivity index (χ2n) is 6.61. The van der Waals surface area contributed by atoms with Gasteiger partial charge in [0, 0.05) is 5.57 Å². The van der Waals surface area contributed by atoms with Crippen molar-refractivity contribution < 1.29 is 19.4 Å². The van der Waals surface area contributed by atoms with Gasteiger partial charge in [0.2, 0.25) is 5.91 Å². The summed E-state index contributed by atoms with van der Waals surface area (Å²) in [7, 11) is 0. The van der Waals surface area contributed by atoms with Crippen molar-refractivity contribution in [1.29, 1.82) is 0 Å². The number of primary amides is 1. The number of amides is 1. The second kappa shape index (κ2) is 9.63. The third-order valence-corrected chi connectivity index (χ3v) is 4.46. The number of hydrogen-bond acceptors (Lipinski definition) is 6. The summed E-state index contributed by atoms with van der Waals surface area (Å²) < 4.78 is 6.29. The number of carboxylic acids is 1. The molecule has 2 rings (SSSR count). The lowest BCUT2D eigenvalue weighted by Gasteiger charge is -2.14. The smallest absolute Gasteiger partial charge is 0.349 e. The minimum Gasteiger partial charge on any atom is -0.481 e. The van der Waals surface area contributed by atoms with Gasteiger partial charge in [-0.15, -0.1) is 0 Å². The summed E-state index contributed by atoms with van der Waals surface area (Å²) in [5, 5.41) is 12.6. The summed E-state index contributed by atoms with van der Waals surface area (Å²) in [6.45, 7) is 7.23. The Hall–Kier alpha value is -3.37. The molecule has 12 heteroatoms. The molecule has 4 N–H and O–H groups in total. The van der Waals surface area contributed by atoms with E-state index in [4.69, 9.17) is 38.8 Å². The number of rotatable bonds is 8. The molecule has 0 bridgehead atoms. The minimum atomic E-state index is -1.30. The topological polar surface area (TPSA) is 157 Å². The molecule has 0 atom stereocenters. The molecule has 0 aliphatic heterocycles. The Kier molecular flexibility index (Phi) is 7.42. The predicted octanol–water partition coefficient (Wildman–Crippen LogP) is 1.81. The number of carbonyl (C=O) groups excluding carboxylic acids is 1. The Bertz CT molecular complexity index is 1190. The normalized spacial score (nSPS) is 11.5. The lowest BCUT2D eigenvalue weighted by molar-refractivity contribution is -0.136. The third kappa shape index (κ3) is 5.83. The van der Waals surface area contributed by atoms with Crippen molar-refractivity contribution in [3.05, 3.63) is 72.7 Å². The van der Waals surface area contributed by atoms with Crippen LogP contribution in [0.2, 0.25) is 10.0 Å². The fourth-order valence-corrected chi connectivity index (χ4v) is 3.04. The molecule has 10 nitrogen and oxygen atoms in total. The summed E-state index contributed by atoms with van der Waals surface area (Å²) in [5.74, 6) is -2.07. The zero-order chi connectivity index (χ0) is 23.5. The van der Waals surface area contributed by atoms with Crippen LogP contribution >= 0.6 is 23.2 Å². The fourth-order valence-electron chi connectivity index (χ4n) is 2.49. The average molecular weight is 469 g/mol. The van der Waals surface area contributed by atoms with E-state index in [0.29, 0.717) is 0 Å². The van der Waals surface area contributed by atoms with Gasteiger partial charge in [-0.3, -0.25) is 19.4 Å². The van der Waals surface area contributed by atoms with Crippen LogP contribution in [0, 0.1) is 5.92 Å². The van der Waals surface area contributed by atoms with Crippen molar-refractivity contribution in [3.8, 4) is 11.4 Å². The van der Waals surface area contributed by atoms with Gasteiger partial charge in [-0.05, 0) is 24.1 Å². The number of carboxylic acid groups (broad SMARTS) is 1. The van der Waals surface area contributed by atoms with Crippen molar-refractivity contribution in [2.24, 2.45) is 11.7 Å². The van der Waals surface area contributed by atoms with Gasteiger partial charge in [0.1, 0.15) is 11.5 Å². The molecule has 0 saturated heterocycles. The molecule has 1 heterocycles. The van der Waals surface area contributed by atoms with E-state index in [-0.39, 0.29) is 44.4 Å². The quantitative estimate of drug-likeness (QED) is 0.302. The number of hydrogen-bond donors (Lipinski definition) is 3. The highest BCUT2D eigenvalue weighted by Gasteiger charge is 2.17. The molecule has 0 fully saturated rings. The maximum atomic E-state index is 12.1. The molecule has 164 valence electrons. The Morgan fingerprint density at radius 3 is 2.39 bits per heavy atom. The van der Waals surface area contributed by atoms with Crippen LogP contribution in [0.15, 0.2) is 45.7 Å². The van der Waals surface area contributed by atoms with Gasteiger partial charge in [-0.25, -0.2) is 4.79 Å². The van der Waals surface area contributed by atoms with Crippen molar-refractivity contribution in [2.75, 3.05) is 0 Å². The van der Waals surface area contributed by atoms with Crippen LogP contribution < -0.4 is 21.7 Å². The van der Waals surface area contributed by atoms with E-state index < -0.39 is 29.5 Å². The van der Waals surface area contributed by atoms with Gasteiger partial charge < -0.3 is 15.6 Å². The number of halogens is 2. The molecule has 0 aliphatic rings. The fraction of sp³-hybridized carbons (Fsp3) is 0.211. The van der Waals surface area contributed by atoms with E-state index >= 15 is 0 Å². The van der Waals surface area contributed by atoms with Crippen molar-refractivity contribution in [3.63, 3.8) is 0 Å². The summed E-state index contributed by atoms with van der Waals surface area (Å²) in [6.07, 6.45) is 0.669. The van der Waals surface area contributed by atoms with Crippen LogP contribution in [0.25, 0.3) is 5.69 Å². The first-order valence-corrected chi connectivity index (χ1v) is 9.48. The number of nitrogens with two attached hydrogens (primary N) is 1. The number of carbonyl (C=O) groups is 2. The maximum Gasteiger partial charge on any atom is 0.349 e. The molecule has 0 radical (unpaired) electrons. The molecular formula is C19H18Cl2N4O6. The Labute approximate surface area is 185 Å². The molecule has 1 aromatic heterocycles. The average Bonchev–Trinajstić information content (AvgIpc) is 2.64. The number of nitrogens with zero attached hydrogens (tertiary/aromatic N) is 2. The first-order valence-electron chi connectivity index (χ1n) is 8.72. The lowest BCUT2D eigenvalue weighted by Crippen LogP contribution is -2.34. The van der Waals surface area contributed by atoms with E-state index in [1.807, 2.05) is 4.98 Å². The van der Waals surface area contributed by atoms with Crippen LogP contribution in [0.3, 0.4) is 0 Å². The number of aromatic amines is 1. The van der Waals surface area contributed by atoms with Crippen LogP contribution in [0.1, 0.15) is 19.5 Å². The van der Waals surface area contributed by atoms with E-state index in [9.17, 15) is 19.2 Å². The lowest BCUT2D eigenvalue weighted by atomic mass is 10.0. The van der Waals surface area contributed by atoms with E-state index in [1.54, 1.807) is 13.8 Å². The van der Waals surface area contributed by atoms with E-state index in [1.165, 1.54) is 18.2 Å². The molecule has 0 spiro atoms. The SMILES string of the molecule is C=C(/C=C(\C(N)=O)C(C)C)Oc1c(Cl)cc(-n2nc(CC(=O)O)c(=O)[nH]c2=O)cc1Cl. The number of nitrogens with one attached hydrogen (secondary N) is 1. The highest BCUT2D eigenvalue weighted by atomic mass is 35.5. The van der Waals surface area contributed by atoms with Crippen molar-refractivity contribution in [2.45, 2.75) is 20.3 Å². The van der Waals surface area contributed by atoms with Crippen molar-refractivity contribution >= 4 is 35.1 Å². The van der Waals surface area contributed by atoms with Crippen LogP contribution in [-0.4, -0.2) is 31.7 Å². The zero-order valence-corrected chi connectivity index (χ0v) is 18.0. The first kappa shape index (κ1) is 23.9. The highest BCUT2D eigenvalue weighted by molar-refractivity contribution is 6.37. The second-order valence-corrected chi connectivity index (χ2v) is 7.43. The molecule has 0 unspecified atom stereocenters. The first-order chi connectivity index (χ1) is 14.4. The van der Waals surface area contributed by atoms with Gasteiger partial charge in [0.05, 0.1) is 22.2 Å². The number of H-pyrrole nitrogens is 1. The third-order valence-electron chi connectivity index (χ3n) is 3.90. The molecule has 2 aromatic rings. The number of allylic oxidation sites excluding steroid dienone is 1. The number of ether oxygens (including phenoxy) is 1. The van der Waals surface area contributed by atoms with E-state index in [0.717, 1.165) is 4.68 Å². The standard InChI is InChI=1S/C19H18Cl2N4O6/c1-8(2)11(17(22)28)4-9(3)31-16-12(20)5-10(6-13(16)21)25-19(30)23-18(29)14(24-25)7-15(26)27/h4-6,8H,3,7H2,1-2H3,(H2,22,28)(H,26,27)(H,23,29,30)/b11-4-. The molecule has 31 heavy (non-hydrogen) atoms. The Morgan fingerprint density at radius 2 is 1.90 bits per heavy atom. The largest absolute Gasteiger partial charge is 0.481 e. The molecule has 1 amide bonds. The zero-order valence-electron chi connectivity index (χ0n) is 16.4. The number of aromatic nitrogens is 3. The van der Waals surface area contributed by atoms with Gasteiger partial charge >= 0.3 is 11.7 Å². The molecular weight excluding hydrogens is 451 g/mol. The monoisotopic (exact) mass is 468 g/mol. The molecule has 0 saturated carbocycles. The van der Waals surface area contributed by atoms with Crippen molar-refractivity contribution in [1.82, 2.24) is 14.8 Å². The summed E-state index contributed by atoms with van der Waals surface area (Å²) in [4.78, 5) is 48.3. The van der Waals surface area contributed by atoms with Gasteiger partial charge in [0.25, 0.3) is 5.56 Å². The van der Waals surface area contributed by atoms with Crippen LogP contribution in [-0.2, 0) is 16.0 Å². The summed E-state index contributed by atoms with van der Waals surface area (Å²) >= 11 is 12.5. The molecule has 0 aliphatic carbocycles. The maximum absolute atomic E-state index is 12.1. The molecule has 1 aromatic carbocycles. The van der Waals surface area contributed by atoms with Gasteiger partial charge in [0.15, 0.2) is 5.75 Å². The number of aliphatic carboxylic acids is 1. The summed E-state index contributed by atoms with van der Waals surface area (Å²) in [6, 6.07) is 2.54. The number of benzene rings is 1. The Morgan fingerprint density at radius 1 is 1.32 bits per heavy atom. The Balaban J connectivity index is 2.46.